The Balaban J connectivity index is 2.32. The fourth-order valence-corrected chi connectivity index (χ4v) is 3.14. The maximum absolute atomic E-state index is 12.4. The van der Waals surface area contributed by atoms with Crippen molar-refractivity contribution >= 4 is 23.7 Å². The van der Waals surface area contributed by atoms with E-state index < -0.39 is 35.1 Å². The number of nitrogens with zero attached hydrogens (tertiary/aromatic N) is 1. The SMILES string of the molecule is COC(=O)C1C(=O)NC(=O)C12c1ccccc1C(=O)N2C. The minimum absolute atomic E-state index is 0.304. The van der Waals surface area contributed by atoms with Gasteiger partial charge in [0.05, 0.1) is 7.11 Å². The van der Waals surface area contributed by atoms with E-state index >= 15 is 0 Å². The molecule has 1 fully saturated rings. The van der Waals surface area contributed by atoms with Crippen LogP contribution in [-0.4, -0.2) is 42.7 Å². The first-order valence-corrected chi connectivity index (χ1v) is 6.27. The largest absolute Gasteiger partial charge is 0.468 e. The predicted octanol–water partition coefficient (Wildman–Crippen LogP) is -0.587. The zero-order chi connectivity index (χ0) is 15.4. The first kappa shape index (κ1) is 13.3. The normalized spacial score (nSPS) is 27.0. The molecule has 7 nitrogen and oxygen atoms in total. The highest BCUT2D eigenvalue weighted by atomic mass is 16.5. The van der Waals surface area contributed by atoms with Crippen molar-refractivity contribution in [2.24, 2.45) is 5.92 Å². The number of carbonyl (C=O) groups excluding carboxylic acids is 4. The number of ether oxygens (including phenoxy) is 1. The minimum atomic E-state index is -1.67. The summed E-state index contributed by atoms with van der Waals surface area (Å²) in [5.74, 6) is -4.13. The molecule has 0 aliphatic carbocycles. The first-order valence-electron chi connectivity index (χ1n) is 6.27. The predicted molar refractivity (Wildman–Crippen MR) is 68.9 cm³/mol. The topological polar surface area (TPSA) is 92.8 Å². The molecule has 1 spiro atoms. The van der Waals surface area contributed by atoms with Gasteiger partial charge in [0.15, 0.2) is 11.5 Å². The van der Waals surface area contributed by atoms with Crippen LogP contribution >= 0.6 is 0 Å². The second-order valence-corrected chi connectivity index (χ2v) is 4.95. The Labute approximate surface area is 119 Å². The van der Waals surface area contributed by atoms with E-state index in [9.17, 15) is 19.2 Å². The van der Waals surface area contributed by atoms with Crippen LogP contribution in [-0.2, 0) is 24.7 Å². The molecule has 2 unspecified atom stereocenters. The highest BCUT2D eigenvalue weighted by Crippen LogP contribution is 2.46. The summed E-state index contributed by atoms with van der Waals surface area (Å²) in [6.45, 7) is 0. The lowest BCUT2D eigenvalue weighted by Gasteiger charge is -2.32. The van der Waals surface area contributed by atoms with Gasteiger partial charge in [-0.1, -0.05) is 18.2 Å². The van der Waals surface area contributed by atoms with Gasteiger partial charge < -0.3 is 9.64 Å². The van der Waals surface area contributed by atoms with Crippen LogP contribution in [0.25, 0.3) is 0 Å². The van der Waals surface area contributed by atoms with E-state index in [0.29, 0.717) is 11.1 Å². The Morgan fingerprint density at radius 1 is 1.29 bits per heavy atom. The number of rotatable bonds is 1. The van der Waals surface area contributed by atoms with Gasteiger partial charge in [-0.15, -0.1) is 0 Å². The van der Waals surface area contributed by atoms with Gasteiger partial charge >= 0.3 is 5.97 Å². The Hall–Kier alpha value is -2.70. The lowest BCUT2D eigenvalue weighted by atomic mass is 9.79. The second kappa shape index (κ2) is 4.15. The van der Waals surface area contributed by atoms with Crippen LogP contribution in [0, 0.1) is 5.92 Å². The lowest BCUT2D eigenvalue weighted by molar-refractivity contribution is -0.154. The van der Waals surface area contributed by atoms with Gasteiger partial charge in [0.25, 0.3) is 11.8 Å². The molecular formula is C14H12N2O5. The summed E-state index contributed by atoms with van der Waals surface area (Å²) in [6.07, 6.45) is 0. The van der Waals surface area contributed by atoms with E-state index in [1.165, 1.54) is 7.05 Å². The third-order valence-electron chi connectivity index (χ3n) is 4.10. The quantitative estimate of drug-likeness (QED) is 0.424. The van der Waals surface area contributed by atoms with Gasteiger partial charge in [0.2, 0.25) is 5.91 Å². The number of fused-ring (bicyclic) bond motifs is 2. The summed E-state index contributed by atoms with van der Waals surface area (Å²) < 4.78 is 4.65. The van der Waals surface area contributed by atoms with Gasteiger partial charge in [0.1, 0.15) is 0 Å². The van der Waals surface area contributed by atoms with Crippen molar-refractivity contribution in [3.8, 4) is 0 Å². The standard InChI is InChI=1S/C14H12N2O5/c1-16-11(18)7-5-3-4-6-8(7)14(16)9(12(19)21-2)10(17)15-13(14)20/h3-6,9H,1-2H3,(H,15,17,20). The van der Waals surface area contributed by atoms with E-state index in [0.717, 1.165) is 12.0 Å². The molecule has 2 atom stereocenters. The fraction of sp³-hybridized carbons (Fsp3) is 0.286. The lowest BCUT2D eigenvalue weighted by Crippen LogP contribution is -2.53. The average molecular weight is 288 g/mol. The van der Waals surface area contributed by atoms with E-state index in [4.69, 9.17) is 0 Å². The molecule has 1 aromatic carbocycles. The third kappa shape index (κ3) is 1.37. The molecule has 21 heavy (non-hydrogen) atoms. The van der Waals surface area contributed by atoms with Crippen LogP contribution in [0.1, 0.15) is 15.9 Å². The molecule has 7 heteroatoms. The van der Waals surface area contributed by atoms with Crippen molar-refractivity contribution in [3.05, 3.63) is 35.4 Å². The van der Waals surface area contributed by atoms with E-state index in [1.54, 1.807) is 24.3 Å². The summed E-state index contributed by atoms with van der Waals surface area (Å²) in [7, 11) is 2.53. The molecule has 3 amide bonds. The molecule has 2 aliphatic heterocycles. The summed E-state index contributed by atoms with van der Waals surface area (Å²) in [4.78, 5) is 50.0. The molecule has 0 aromatic heterocycles. The summed E-state index contributed by atoms with van der Waals surface area (Å²) in [5.41, 5.74) is -1.02. The van der Waals surface area contributed by atoms with E-state index in [-0.39, 0.29) is 0 Å². The monoisotopic (exact) mass is 288 g/mol. The smallest absolute Gasteiger partial charge is 0.321 e. The second-order valence-electron chi connectivity index (χ2n) is 4.95. The Morgan fingerprint density at radius 3 is 2.62 bits per heavy atom. The minimum Gasteiger partial charge on any atom is -0.468 e. The number of benzene rings is 1. The number of carbonyl (C=O) groups is 4. The molecule has 0 saturated carbocycles. The molecule has 1 saturated heterocycles. The molecule has 1 N–H and O–H groups in total. The fourth-order valence-electron chi connectivity index (χ4n) is 3.14. The highest BCUT2D eigenvalue weighted by molar-refractivity contribution is 6.22. The Bertz CT molecular complexity index is 698. The Morgan fingerprint density at radius 2 is 1.95 bits per heavy atom. The van der Waals surface area contributed by atoms with Crippen molar-refractivity contribution in [1.82, 2.24) is 10.2 Å². The summed E-state index contributed by atoms with van der Waals surface area (Å²) in [6, 6.07) is 6.45. The molecule has 1 aromatic rings. The van der Waals surface area contributed by atoms with Crippen LogP contribution in [0.4, 0.5) is 0 Å². The van der Waals surface area contributed by atoms with Crippen LogP contribution in [0.3, 0.4) is 0 Å². The summed E-state index contributed by atoms with van der Waals surface area (Å²) in [5, 5.41) is 2.13. The molecule has 108 valence electrons. The highest BCUT2D eigenvalue weighted by Gasteiger charge is 2.67. The van der Waals surface area contributed by atoms with Gasteiger partial charge in [0, 0.05) is 18.2 Å². The molecule has 2 aliphatic rings. The maximum atomic E-state index is 12.4. The number of esters is 1. The maximum Gasteiger partial charge on any atom is 0.321 e. The van der Waals surface area contributed by atoms with Crippen molar-refractivity contribution < 1.29 is 23.9 Å². The number of imide groups is 1. The van der Waals surface area contributed by atoms with Gasteiger partial charge in [-0.3, -0.25) is 24.5 Å². The molecular weight excluding hydrogens is 276 g/mol. The van der Waals surface area contributed by atoms with Crippen LogP contribution in [0.15, 0.2) is 24.3 Å². The Kier molecular flexibility index (Phi) is 2.62. The van der Waals surface area contributed by atoms with Crippen molar-refractivity contribution in [1.29, 1.82) is 0 Å². The number of nitrogens with one attached hydrogen (secondary N) is 1. The molecule has 0 bridgehead atoms. The van der Waals surface area contributed by atoms with Crippen molar-refractivity contribution in [2.75, 3.05) is 14.2 Å². The number of likely N-dealkylation sites (N-methyl/N-ethyl adjacent to an activating group) is 1. The zero-order valence-corrected chi connectivity index (χ0v) is 11.4. The summed E-state index contributed by atoms with van der Waals surface area (Å²) >= 11 is 0. The van der Waals surface area contributed by atoms with E-state index in [2.05, 4.69) is 10.1 Å². The van der Waals surface area contributed by atoms with Gasteiger partial charge in [-0.2, -0.15) is 0 Å². The van der Waals surface area contributed by atoms with Crippen LogP contribution < -0.4 is 5.32 Å². The van der Waals surface area contributed by atoms with Crippen LogP contribution in [0.2, 0.25) is 0 Å². The van der Waals surface area contributed by atoms with Crippen molar-refractivity contribution in [2.45, 2.75) is 5.54 Å². The number of methoxy groups -OCH3 is 1. The number of hydrogen-bond donors (Lipinski definition) is 1. The van der Waals surface area contributed by atoms with Crippen LogP contribution in [0.5, 0.6) is 0 Å². The molecule has 3 rings (SSSR count). The number of amides is 3. The van der Waals surface area contributed by atoms with Crippen molar-refractivity contribution in [3.63, 3.8) is 0 Å². The third-order valence-corrected chi connectivity index (χ3v) is 4.10. The van der Waals surface area contributed by atoms with E-state index in [1.807, 2.05) is 0 Å². The number of hydrogen-bond acceptors (Lipinski definition) is 5. The molecule has 2 heterocycles. The van der Waals surface area contributed by atoms with Gasteiger partial charge in [-0.05, 0) is 6.07 Å². The van der Waals surface area contributed by atoms with Gasteiger partial charge in [-0.25, -0.2) is 0 Å². The molecule has 0 radical (unpaired) electrons. The first-order chi connectivity index (χ1) is 9.96. The zero-order valence-electron chi connectivity index (χ0n) is 11.4. The average Bonchev–Trinajstić information content (AvgIpc) is 2.87.